The first-order valence-corrected chi connectivity index (χ1v) is 7.11. The van der Waals surface area contributed by atoms with E-state index in [1.807, 2.05) is 0 Å². The fraction of sp³-hybridized carbons (Fsp3) is 0.294. The van der Waals surface area contributed by atoms with Gasteiger partial charge >= 0.3 is 0 Å². The lowest BCUT2D eigenvalue weighted by Gasteiger charge is -2.30. The van der Waals surface area contributed by atoms with Crippen LogP contribution in [0.3, 0.4) is 0 Å². The van der Waals surface area contributed by atoms with Crippen molar-refractivity contribution in [3.05, 3.63) is 60.3 Å². The lowest BCUT2D eigenvalue weighted by Crippen LogP contribution is -2.39. The van der Waals surface area contributed by atoms with E-state index in [1.165, 1.54) is 16.9 Å². The Morgan fingerprint density at radius 2 is 1.90 bits per heavy atom. The Balaban J connectivity index is 2.11. The molecule has 4 heteroatoms. The molecule has 1 N–H and O–H groups in total. The van der Waals surface area contributed by atoms with E-state index >= 15 is 0 Å². The molecular formula is C17H21N3O. The molecule has 3 rings (SSSR count). The Morgan fingerprint density at radius 1 is 1.24 bits per heavy atom. The van der Waals surface area contributed by atoms with Crippen LogP contribution < -0.4 is 15.1 Å². The molecule has 110 valence electrons. The summed E-state index contributed by atoms with van der Waals surface area (Å²) in [5.74, 6) is 1.18. The van der Waals surface area contributed by atoms with Crippen molar-refractivity contribution >= 4 is 11.4 Å². The van der Waals surface area contributed by atoms with Crippen molar-refractivity contribution in [2.75, 3.05) is 23.4 Å². The molecule has 0 fully saturated rings. The highest BCUT2D eigenvalue weighted by Crippen LogP contribution is 2.43. The van der Waals surface area contributed by atoms with E-state index in [-0.39, 0.29) is 6.17 Å². The summed E-state index contributed by atoms with van der Waals surface area (Å²) in [5, 5.41) is 3.15. The number of nitrogens with one attached hydrogen (secondary N) is 1. The Hall–Kier alpha value is -2.36. The van der Waals surface area contributed by atoms with E-state index in [9.17, 15) is 0 Å². The van der Waals surface area contributed by atoms with Crippen LogP contribution in [0.4, 0.5) is 11.4 Å². The quantitative estimate of drug-likeness (QED) is 0.857. The van der Waals surface area contributed by atoms with E-state index in [1.54, 1.807) is 0 Å². The molecule has 0 radical (unpaired) electrons. The van der Waals surface area contributed by atoms with Gasteiger partial charge in [0.2, 0.25) is 0 Å². The number of rotatable bonds is 1. The van der Waals surface area contributed by atoms with Crippen molar-refractivity contribution < 1.29 is 4.74 Å². The zero-order valence-corrected chi connectivity index (χ0v) is 12.8. The average molecular weight is 283 g/mol. The van der Waals surface area contributed by atoms with Crippen molar-refractivity contribution in [1.82, 2.24) is 5.32 Å². The van der Waals surface area contributed by atoms with Crippen LogP contribution in [0.5, 0.6) is 0 Å². The normalized spacial score (nSPS) is 22.0. The Morgan fingerprint density at radius 3 is 2.62 bits per heavy atom. The molecule has 0 bridgehead atoms. The summed E-state index contributed by atoms with van der Waals surface area (Å²) in [6.07, 6.45) is 0.207. The van der Waals surface area contributed by atoms with Gasteiger partial charge in [-0.15, -0.1) is 0 Å². The maximum Gasteiger partial charge on any atom is 0.186 e. The summed E-state index contributed by atoms with van der Waals surface area (Å²) in [4.78, 5) is 4.54. The third kappa shape index (κ3) is 2.07. The van der Waals surface area contributed by atoms with Crippen LogP contribution >= 0.6 is 0 Å². The van der Waals surface area contributed by atoms with Gasteiger partial charge in [0.25, 0.3) is 0 Å². The van der Waals surface area contributed by atoms with E-state index in [0.29, 0.717) is 18.2 Å². The molecule has 0 spiro atoms. The van der Waals surface area contributed by atoms with Crippen LogP contribution in [0, 0.1) is 0 Å². The highest BCUT2D eigenvalue weighted by molar-refractivity contribution is 5.80. The molecule has 0 aliphatic carbocycles. The molecular weight excluding hydrogens is 262 g/mol. The zero-order valence-electron chi connectivity index (χ0n) is 12.8. The van der Waals surface area contributed by atoms with Gasteiger partial charge in [-0.25, -0.2) is 0 Å². The summed E-state index contributed by atoms with van der Waals surface area (Å²) >= 11 is 0. The molecule has 2 heterocycles. The van der Waals surface area contributed by atoms with Crippen molar-refractivity contribution in [2.24, 2.45) is 0 Å². The zero-order chi connectivity index (χ0) is 15.1. The lowest BCUT2D eigenvalue weighted by molar-refractivity contribution is 0.293. The Labute approximate surface area is 126 Å². The minimum Gasteiger partial charge on any atom is -0.440 e. The Kier molecular flexibility index (Phi) is 3.16. The second-order valence-corrected chi connectivity index (χ2v) is 5.53. The van der Waals surface area contributed by atoms with E-state index in [2.05, 4.69) is 73.4 Å². The van der Waals surface area contributed by atoms with E-state index in [0.717, 1.165) is 5.70 Å². The number of benzene rings is 1. The largest absolute Gasteiger partial charge is 0.440 e. The standard InChI is InChI=1S/C17H21N3O/c1-11-10-18-13(3)21-12(2)17(11)20-14(4)19(5)15-8-6-7-9-16(15)20/h6-9,14,18H,2-3,10H2,1,4-5H3. The molecule has 2 aliphatic rings. The van der Waals surface area contributed by atoms with Gasteiger partial charge in [-0.1, -0.05) is 18.7 Å². The first-order valence-electron chi connectivity index (χ1n) is 7.11. The van der Waals surface area contributed by atoms with Gasteiger partial charge in [0.15, 0.2) is 5.88 Å². The molecule has 0 amide bonds. The maximum atomic E-state index is 5.69. The molecule has 2 aliphatic heterocycles. The minimum absolute atomic E-state index is 0.207. The summed E-state index contributed by atoms with van der Waals surface area (Å²) in [7, 11) is 2.11. The molecule has 21 heavy (non-hydrogen) atoms. The highest BCUT2D eigenvalue weighted by atomic mass is 16.5. The summed E-state index contributed by atoms with van der Waals surface area (Å²) in [6.45, 7) is 12.9. The van der Waals surface area contributed by atoms with Crippen LogP contribution in [-0.2, 0) is 4.74 Å². The van der Waals surface area contributed by atoms with Gasteiger partial charge in [-0.2, -0.15) is 0 Å². The first kappa shape index (κ1) is 13.6. The third-order valence-electron chi connectivity index (χ3n) is 4.16. The molecule has 0 saturated heterocycles. The van der Waals surface area contributed by atoms with Crippen molar-refractivity contribution in [2.45, 2.75) is 20.0 Å². The average Bonchev–Trinajstić information content (AvgIpc) is 2.63. The molecule has 1 atom stereocenters. The fourth-order valence-electron chi connectivity index (χ4n) is 2.98. The first-order chi connectivity index (χ1) is 10.0. The number of hydrogen-bond donors (Lipinski definition) is 1. The van der Waals surface area contributed by atoms with Crippen molar-refractivity contribution in [3.63, 3.8) is 0 Å². The Bertz CT molecular complexity index is 647. The second-order valence-electron chi connectivity index (χ2n) is 5.53. The van der Waals surface area contributed by atoms with Crippen LogP contribution in [0.15, 0.2) is 60.3 Å². The van der Waals surface area contributed by atoms with Crippen LogP contribution in [0.2, 0.25) is 0 Å². The van der Waals surface area contributed by atoms with Gasteiger partial charge in [-0.05, 0) is 38.1 Å². The summed E-state index contributed by atoms with van der Waals surface area (Å²) in [6, 6.07) is 8.40. The topological polar surface area (TPSA) is 27.7 Å². The van der Waals surface area contributed by atoms with E-state index in [4.69, 9.17) is 4.74 Å². The van der Waals surface area contributed by atoms with Gasteiger partial charge in [-0.3, -0.25) is 0 Å². The molecule has 1 aromatic carbocycles. The van der Waals surface area contributed by atoms with Gasteiger partial charge in [0.05, 0.1) is 17.1 Å². The summed E-state index contributed by atoms with van der Waals surface area (Å²) < 4.78 is 5.69. The highest BCUT2D eigenvalue weighted by Gasteiger charge is 2.35. The monoisotopic (exact) mass is 283 g/mol. The minimum atomic E-state index is 0.207. The smallest absolute Gasteiger partial charge is 0.186 e. The summed E-state index contributed by atoms with van der Waals surface area (Å²) in [5.41, 5.74) is 4.62. The lowest BCUT2D eigenvalue weighted by atomic mass is 10.1. The van der Waals surface area contributed by atoms with Gasteiger partial charge in [0.1, 0.15) is 11.9 Å². The SMILES string of the molecule is C=C1NCC(C)=C(N2c3ccccc3N(C)C2C)C(=C)O1. The second kappa shape index (κ2) is 4.88. The van der Waals surface area contributed by atoms with Gasteiger partial charge < -0.3 is 19.9 Å². The predicted molar refractivity (Wildman–Crippen MR) is 86.9 cm³/mol. The van der Waals surface area contributed by atoms with Crippen molar-refractivity contribution in [1.29, 1.82) is 0 Å². The molecule has 0 aromatic heterocycles. The molecule has 4 nitrogen and oxygen atoms in total. The number of hydrogen-bond acceptors (Lipinski definition) is 4. The molecule has 1 unspecified atom stereocenters. The van der Waals surface area contributed by atoms with Crippen LogP contribution in [0.25, 0.3) is 0 Å². The number of fused-ring (bicyclic) bond motifs is 1. The van der Waals surface area contributed by atoms with Gasteiger partial charge in [0, 0.05) is 13.6 Å². The number of para-hydroxylation sites is 2. The third-order valence-corrected chi connectivity index (χ3v) is 4.16. The number of ether oxygens (including phenoxy) is 1. The van der Waals surface area contributed by atoms with E-state index < -0.39 is 0 Å². The predicted octanol–water partition coefficient (Wildman–Crippen LogP) is 3.17. The number of anilines is 2. The van der Waals surface area contributed by atoms with Crippen LogP contribution in [-0.4, -0.2) is 19.8 Å². The van der Waals surface area contributed by atoms with Crippen molar-refractivity contribution in [3.8, 4) is 0 Å². The molecule has 0 saturated carbocycles. The van der Waals surface area contributed by atoms with Crippen LogP contribution in [0.1, 0.15) is 13.8 Å². The molecule has 1 aromatic rings. The maximum absolute atomic E-state index is 5.69. The fourth-order valence-corrected chi connectivity index (χ4v) is 2.98. The number of nitrogens with zero attached hydrogens (tertiary/aromatic N) is 2.